The summed E-state index contributed by atoms with van der Waals surface area (Å²) < 4.78 is 0. The maximum atomic E-state index is 13.3. The fraction of sp³-hybridized carbons (Fsp3) is 0.333. The SMILES string of the molecule is CCC(C(=O)Nc1ccc2c(c1)C(=O)c1ccccc1-2)N1C(=O)C2C3C=CC(CC3)C2C1=O. The Bertz CT molecular complexity index is 1230. The number of hydrogen-bond donors (Lipinski definition) is 1. The van der Waals surface area contributed by atoms with Crippen LogP contribution in [0.5, 0.6) is 0 Å². The lowest BCUT2D eigenvalue weighted by molar-refractivity contribution is -0.146. The summed E-state index contributed by atoms with van der Waals surface area (Å²) in [7, 11) is 0. The molecule has 3 amide bonds. The van der Waals surface area contributed by atoms with E-state index in [2.05, 4.69) is 17.5 Å². The van der Waals surface area contributed by atoms with E-state index in [4.69, 9.17) is 0 Å². The van der Waals surface area contributed by atoms with E-state index in [0.29, 0.717) is 23.2 Å². The molecule has 0 radical (unpaired) electrons. The Morgan fingerprint density at radius 3 is 2.12 bits per heavy atom. The number of nitrogens with zero attached hydrogens (tertiary/aromatic N) is 1. The third kappa shape index (κ3) is 2.79. The zero-order valence-electron chi connectivity index (χ0n) is 18.3. The Labute approximate surface area is 191 Å². The van der Waals surface area contributed by atoms with Crippen LogP contribution in [0.25, 0.3) is 11.1 Å². The summed E-state index contributed by atoms with van der Waals surface area (Å²) in [6.45, 7) is 1.81. The maximum Gasteiger partial charge on any atom is 0.247 e. The molecule has 1 N–H and O–H groups in total. The van der Waals surface area contributed by atoms with Crippen molar-refractivity contribution >= 4 is 29.2 Å². The highest BCUT2D eigenvalue weighted by Crippen LogP contribution is 2.50. The molecule has 5 unspecified atom stereocenters. The van der Waals surface area contributed by atoms with Crippen LogP contribution in [0.2, 0.25) is 0 Å². The van der Waals surface area contributed by atoms with Crippen LogP contribution in [0.4, 0.5) is 5.69 Å². The summed E-state index contributed by atoms with van der Waals surface area (Å²) >= 11 is 0. The summed E-state index contributed by atoms with van der Waals surface area (Å²) in [5.41, 5.74) is 3.42. The van der Waals surface area contributed by atoms with Gasteiger partial charge < -0.3 is 5.32 Å². The van der Waals surface area contributed by atoms with E-state index in [-0.39, 0.29) is 41.3 Å². The minimum Gasteiger partial charge on any atom is -0.324 e. The van der Waals surface area contributed by atoms with Crippen LogP contribution in [0.3, 0.4) is 0 Å². The van der Waals surface area contributed by atoms with Crippen molar-refractivity contribution < 1.29 is 19.2 Å². The van der Waals surface area contributed by atoms with Gasteiger partial charge in [-0.2, -0.15) is 0 Å². The predicted molar refractivity (Wildman–Crippen MR) is 122 cm³/mol. The molecule has 2 aromatic rings. The van der Waals surface area contributed by atoms with Gasteiger partial charge >= 0.3 is 0 Å². The van der Waals surface area contributed by atoms with E-state index >= 15 is 0 Å². The fourth-order valence-corrected chi connectivity index (χ4v) is 6.22. The van der Waals surface area contributed by atoms with Gasteiger partial charge in [0.1, 0.15) is 6.04 Å². The molecule has 2 bridgehead atoms. The zero-order chi connectivity index (χ0) is 22.9. The Kier molecular flexibility index (Phi) is 4.41. The average molecular weight is 440 g/mol. The second-order valence-corrected chi connectivity index (χ2v) is 9.44. The van der Waals surface area contributed by atoms with E-state index in [1.54, 1.807) is 18.2 Å². The Morgan fingerprint density at radius 2 is 1.52 bits per heavy atom. The van der Waals surface area contributed by atoms with Gasteiger partial charge in [-0.25, -0.2) is 0 Å². The number of carbonyl (C=O) groups is 4. The average Bonchev–Trinajstić information content (AvgIpc) is 3.28. The highest BCUT2D eigenvalue weighted by atomic mass is 16.2. The summed E-state index contributed by atoms with van der Waals surface area (Å²) in [4.78, 5) is 53.8. The van der Waals surface area contributed by atoms with Crippen LogP contribution in [-0.2, 0) is 14.4 Å². The largest absolute Gasteiger partial charge is 0.324 e. The first-order chi connectivity index (χ1) is 16.0. The van der Waals surface area contributed by atoms with Gasteiger partial charge in [0.2, 0.25) is 17.7 Å². The van der Waals surface area contributed by atoms with Crippen molar-refractivity contribution in [2.24, 2.45) is 23.7 Å². The van der Waals surface area contributed by atoms with Crippen LogP contribution in [0.15, 0.2) is 54.6 Å². The molecule has 1 saturated carbocycles. The topological polar surface area (TPSA) is 83.6 Å². The standard InChI is InChI=1S/C27H24N2O4/c1-2-21(29-26(32)22-14-7-8-15(10-9-14)23(22)27(29)33)25(31)28-16-11-12-18-17-5-3-4-6-19(17)24(30)20(18)13-16/h3-8,11-15,21-23H,2,9-10H2,1H3,(H,28,31). The van der Waals surface area contributed by atoms with Crippen molar-refractivity contribution in [2.45, 2.75) is 32.2 Å². The van der Waals surface area contributed by atoms with Crippen molar-refractivity contribution in [3.63, 3.8) is 0 Å². The molecular weight excluding hydrogens is 416 g/mol. The predicted octanol–water partition coefficient (Wildman–Crippen LogP) is 3.81. The first-order valence-electron chi connectivity index (χ1n) is 11.6. The van der Waals surface area contributed by atoms with Gasteiger partial charge in [-0.3, -0.25) is 24.1 Å². The summed E-state index contributed by atoms with van der Waals surface area (Å²) in [6.07, 6.45) is 6.32. The minimum atomic E-state index is -0.865. The van der Waals surface area contributed by atoms with Crippen LogP contribution in [0.1, 0.15) is 42.1 Å². The highest BCUT2D eigenvalue weighted by molar-refractivity contribution is 6.22. The van der Waals surface area contributed by atoms with Gasteiger partial charge in [0.25, 0.3) is 0 Å². The molecule has 1 saturated heterocycles. The smallest absolute Gasteiger partial charge is 0.247 e. The zero-order valence-corrected chi connectivity index (χ0v) is 18.3. The number of amides is 3. The first kappa shape index (κ1) is 20.1. The molecule has 33 heavy (non-hydrogen) atoms. The Hall–Kier alpha value is -3.54. The Morgan fingerprint density at radius 1 is 0.909 bits per heavy atom. The third-order valence-electron chi connectivity index (χ3n) is 7.79. The third-order valence-corrected chi connectivity index (χ3v) is 7.79. The lowest BCUT2D eigenvalue weighted by Crippen LogP contribution is -2.47. The number of likely N-dealkylation sites (tertiary alicyclic amines) is 1. The highest BCUT2D eigenvalue weighted by Gasteiger charge is 2.58. The molecule has 2 aromatic carbocycles. The molecule has 5 aliphatic rings. The van der Waals surface area contributed by atoms with Gasteiger partial charge in [0.15, 0.2) is 5.78 Å². The number of hydrogen-bond acceptors (Lipinski definition) is 4. The molecule has 4 aliphatic carbocycles. The second-order valence-electron chi connectivity index (χ2n) is 9.44. The minimum absolute atomic E-state index is 0.0688. The van der Waals surface area contributed by atoms with E-state index in [1.807, 2.05) is 31.2 Å². The molecule has 6 nitrogen and oxygen atoms in total. The van der Waals surface area contributed by atoms with Crippen molar-refractivity contribution in [3.05, 3.63) is 65.7 Å². The summed E-state index contributed by atoms with van der Waals surface area (Å²) in [5.74, 6) is -1.39. The molecule has 5 atom stereocenters. The number of allylic oxidation sites excluding steroid dienone is 2. The summed E-state index contributed by atoms with van der Waals surface area (Å²) in [5, 5.41) is 2.85. The number of ketones is 1. The van der Waals surface area contributed by atoms with E-state index in [1.165, 1.54) is 4.90 Å². The molecule has 0 spiro atoms. The molecule has 2 fully saturated rings. The van der Waals surface area contributed by atoms with Crippen LogP contribution in [0, 0.1) is 23.7 Å². The number of carbonyl (C=O) groups excluding carboxylic acids is 4. The number of fused-ring (bicyclic) bond motifs is 4. The van der Waals surface area contributed by atoms with E-state index in [0.717, 1.165) is 24.0 Å². The Balaban J connectivity index is 1.25. The van der Waals surface area contributed by atoms with Crippen molar-refractivity contribution in [2.75, 3.05) is 5.32 Å². The van der Waals surface area contributed by atoms with E-state index < -0.39 is 11.9 Å². The monoisotopic (exact) mass is 440 g/mol. The molecule has 1 aliphatic heterocycles. The molecule has 7 rings (SSSR count). The number of benzene rings is 2. The normalized spacial score (nSPS) is 27.4. The number of rotatable bonds is 4. The number of imide groups is 1. The molecule has 166 valence electrons. The van der Waals surface area contributed by atoms with Gasteiger partial charge in [-0.05, 0) is 54.4 Å². The lowest BCUT2D eigenvalue weighted by atomic mass is 9.63. The van der Waals surface area contributed by atoms with Crippen LogP contribution in [-0.4, -0.2) is 34.4 Å². The molecular formula is C27H24N2O4. The molecule has 1 heterocycles. The number of anilines is 1. The van der Waals surface area contributed by atoms with Gasteiger partial charge in [-0.1, -0.05) is 49.4 Å². The van der Waals surface area contributed by atoms with Gasteiger partial charge in [0, 0.05) is 16.8 Å². The summed E-state index contributed by atoms with van der Waals surface area (Å²) in [6, 6.07) is 11.9. The van der Waals surface area contributed by atoms with Gasteiger partial charge in [-0.15, -0.1) is 0 Å². The molecule has 0 aromatic heterocycles. The van der Waals surface area contributed by atoms with Crippen molar-refractivity contribution in [1.82, 2.24) is 4.90 Å². The van der Waals surface area contributed by atoms with Gasteiger partial charge in [0.05, 0.1) is 11.8 Å². The van der Waals surface area contributed by atoms with Crippen LogP contribution < -0.4 is 5.32 Å². The first-order valence-corrected chi connectivity index (χ1v) is 11.6. The second kappa shape index (κ2) is 7.24. The number of nitrogens with one attached hydrogen (secondary N) is 1. The fourth-order valence-electron chi connectivity index (χ4n) is 6.22. The van der Waals surface area contributed by atoms with Crippen molar-refractivity contribution in [3.8, 4) is 11.1 Å². The quantitative estimate of drug-likeness (QED) is 0.494. The van der Waals surface area contributed by atoms with Crippen molar-refractivity contribution in [1.29, 1.82) is 0 Å². The maximum absolute atomic E-state index is 13.3. The van der Waals surface area contributed by atoms with E-state index in [9.17, 15) is 19.2 Å². The molecule has 6 heteroatoms. The lowest BCUT2D eigenvalue weighted by Gasteiger charge is -2.38. The van der Waals surface area contributed by atoms with Crippen LogP contribution >= 0.6 is 0 Å².